The van der Waals surface area contributed by atoms with Gasteiger partial charge in [-0.15, -0.1) is 0 Å². The molecule has 1 aliphatic heterocycles. The molecule has 3 N–H and O–H groups in total. The molecule has 0 fully saturated rings. The Kier molecular flexibility index (Phi) is 4.25. The van der Waals surface area contributed by atoms with Crippen LogP contribution in [0.25, 0.3) is 16.7 Å². The Hall–Kier alpha value is -3.37. The molecule has 1 aliphatic rings. The highest BCUT2D eigenvalue weighted by Gasteiger charge is 2.24. The van der Waals surface area contributed by atoms with Gasteiger partial charge in [0.05, 0.1) is 12.2 Å². The van der Waals surface area contributed by atoms with Crippen LogP contribution in [-0.4, -0.2) is 11.0 Å². The maximum absolute atomic E-state index is 12.4. The van der Waals surface area contributed by atoms with Crippen molar-refractivity contribution in [1.82, 2.24) is 0 Å². The number of benzene rings is 3. The van der Waals surface area contributed by atoms with Gasteiger partial charge in [-0.3, -0.25) is 4.79 Å². The molecule has 3 aromatic carbocycles. The lowest BCUT2D eigenvalue weighted by Crippen LogP contribution is -2.05. The summed E-state index contributed by atoms with van der Waals surface area (Å²) < 4.78 is 0. The fourth-order valence-electron chi connectivity index (χ4n) is 3.06. The standard InChI is InChI=1S/C22H18N2O2/c25-14-15-5-4-8-18(11-15)23-13-20-19-10-9-17(12-21(19)24-22(20)26)16-6-2-1-3-7-16/h1-13,23,25H,14H2,(H,24,26). The second-order valence-corrected chi connectivity index (χ2v) is 6.14. The first-order chi connectivity index (χ1) is 12.7. The van der Waals surface area contributed by atoms with Crippen molar-refractivity contribution in [3.63, 3.8) is 0 Å². The molecule has 0 bridgehead atoms. The lowest BCUT2D eigenvalue weighted by Gasteiger charge is -2.06. The summed E-state index contributed by atoms with van der Waals surface area (Å²) in [4.78, 5) is 12.4. The molecular weight excluding hydrogens is 324 g/mol. The Bertz CT molecular complexity index is 994. The summed E-state index contributed by atoms with van der Waals surface area (Å²) in [6.07, 6.45) is 1.71. The third kappa shape index (κ3) is 3.10. The van der Waals surface area contributed by atoms with E-state index in [1.54, 1.807) is 6.20 Å². The fourth-order valence-corrected chi connectivity index (χ4v) is 3.06. The van der Waals surface area contributed by atoms with Crippen LogP contribution >= 0.6 is 0 Å². The average molecular weight is 342 g/mol. The third-order valence-corrected chi connectivity index (χ3v) is 4.40. The van der Waals surface area contributed by atoms with Crippen LogP contribution in [0.4, 0.5) is 11.4 Å². The first kappa shape index (κ1) is 16.1. The van der Waals surface area contributed by atoms with E-state index < -0.39 is 0 Å². The summed E-state index contributed by atoms with van der Waals surface area (Å²) in [6, 6.07) is 23.5. The molecule has 4 heteroatoms. The largest absolute Gasteiger partial charge is 0.392 e. The van der Waals surface area contributed by atoms with Crippen molar-refractivity contribution in [2.75, 3.05) is 10.6 Å². The van der Waals surface area contributed by atoms with Crippen LogP contribution in [0.5, 0.6) is 0 Å². The van der Waals surface area contributed by atoms with E-state index in [0.717, 1.165) is 33.6 Å². The Morgan fingerprint density at radius 3 is 2.58 bits per heavy atom. The fraction of sp³-hybridized carbons (Fsp3) is 0.0455. The topological polar surface area (TPSA) is 61.4 Å². The minimum Gasteiger partial charge on any atom is -0.392 e. The van der Waals surface area contributed by atoms with Gasteiger partial charge in [-0.1, -0.05) is 54.6 Å². The molecule has 128 valence electrons. The Balaban J connectivity index is 1.63. The maximum atomic E-state index is 12.4. The molecule has 26 heavy (non-hydrogen) atoms. The summed E-state index contributed by atoms with van der Waals surface area (Å²) in [5.41, 5.74) is 6.10. The zero-order valence-corrected chi connectivity index (χ0v) is 14.1. The number of hydrogen-bond acceptors (Lipinski definition) is 3. The summed E-state index contributed by atoms with van der Waals surface area (Å²) in [5, 5.41) is 15.3. The SMILES string of the molecule is O=C1Nc2cc(-c3ccccc3)ccc2C1=CNc1cccc(CO)c1. The van der Waals surface area contributed by atoms with Crippen molar-refractivity contribution in [2.24, 2.45) is 0 Å². The van der Waals surface area contributed by atoms with Gasteiger partial charge in [-0.25, -0.2) is 0 Å². The zero-order valence-electron chi connectivity index (χ0n) is 14.1. The van der Waals surface area contributed by atoms with E-state index in [0.29, 0.717) is 5.57 Å². The van der Waals surface area contributed by atoms with Crippen molar-refractivity contribution in [3.05, 3.63) is 90.1 Å². The molecule has 0 saturated carbocycles. The summed E-state index contributed by atoms with van der Waals surface area (Å²) in [7, 11) is 0. The van der Waals surface area contributed by atoms with Crippen LogP contribution in [0, 0.1) is 0 Å². The van der Waals surface area contributed by atoms with Crippen molar-refractivity contribution >= 4 is 22.9 Å². The first-order valence-electron chi connectivity index (χ1n) is 8.42. The van der Waals surface area contributed by atoms with Gasteiger partial charge in [0.1, 0.15) is 0 Å². The number of hydrogen-bond donors (Lipinski definition) is 3. The van der Waals surface area contributed by atoms with Crippen LogP contribution in [-0.2, 0) is 11.4 Å². The Labute approximate surface area is 151 Å². The number of nitrogens with one attached hydrogen (secondary N) is 2. The van der Waals surface area contributed by atoms with Crippen molar-refractivity contribution < 1.29 is 9.90 Å². The molecule has 1 amide bonds. The predicted octanol–water partition coefficient (Wildman–Crippen LogP) is 4.25. The predicted molar refractivity (Wildman–Crippen MR) is 104 cm³/mol. The highest BCUT2D eigenvalue weighted by molar-refractivity contribution is 6.31. The summed E-state index contributed by atoms with van der Waals surface area (Å²) in [6.45, 7) is -0.0162. The van der Waals surface area contributed by atoms with E-state index in [1.807, 2.05) is 72.8 Å². The van der Waals surface area contributed by atoms with Gasteiger partial charge in [0.25, 0.3) is 5.91 Å². The molecule has 0 spiro atoms. The number of aliphatic hydroxyl groups excluding tert-OH is 1. The van der Waals surface area contributed by atoms with Crippen LogP contribution < -0.4 is 10.6 Å². The smallest absolute Gasteiger partial charge is 0.257 e. The molecule has 0 saturated heterocycles. The number of fused-ring (bicyclic) bond motifs is 1. The number of carbonyl (C=O) groups is 1. The maximum Gasteiger partial charge on any atom is 0.257 e. The monoisotopic (exact) mass is 342 g/mol. The van der Waals surface area contributed by atoms with Crippen LogP contribution in [0.2, 0.25) is 0 Å². The van der Waals surface area contributed by atoms with Crippen molar-refractivity contribution in [1.29, 1.82) is 0 Å². The zero-order chi connectivity index (χ0) is 17.9. The van der Waals surface area contributed by atoms with E-state index in [2.05, 4.69) is 10.6 Å². The third-order valence-electron chi connectivity index (χ3n) is 4.40. The first-order valence-corrected chi connectivity index (χ1v) is 8.42. The van der Waals surface area contributed by atoms with E-state index in [-0.39, 0.29) is 12.5 Å². The van der Waals surface area contributed by atoms with Crippen LogP contribution in [0.3, 0.4) is 0 Å². The highest BCUT2D eigenvalue weighted by Crippen LogP contribution is 2.35. The van der Waals surface area contributed by atoms with Gasteiger partial charge in [-0.05, 0) is 34.9 Å². The van der Waals surface area contributed by atoms with Crippen molar-refractivity contribution in [2.45, 2.75) is 6.61 Å². The second kappa shape index (κ2) is 6.86. The van der Waals surface area contributed by atoms with Gasteiger partial charge >= 0.3 is 0 Å². The molecule has 1 heterocycles. The molecule has 0 aliphatic carbocycles. The van der Waals surface area contributed by atoms with Crippen LogP contribution in [0.1, 0.15) is 11.1 Å². The Morgan fingerprint density at radius 1 is 0.923 bits per heavy atom. The summed E-state index contributed by atoms with van der Waals surface area (Å²) in [5.74, 6) is -0.129. The van der Waals surface area contributed by atoms with Gasteiger partial charge in [0, 0.05) is 23.1 Å². The number of rotatable bonds is 4. The minimum atomic E-state index is -0.129. The van der Waals surface area contributed by atoms with E-state index in [9.17, 15) is 9.90 Å². The van der Waals surface area contributed by atoms with E-state index in [1.165, 1.54) is 0 Å². The quantitative estimate of drug-likeness (QED) is 0.621. The lowest BCUT2D eigenvalue weighted by atomic mass is 10.0. The normalized spacial score (nSPS) is 14.2. The number of amides is 1. The Morgan fingerprint density at radius 2 is 1.77 bits per heavy atom. The minimum absolute atomic E-state index is 0.0162. The van der Waals surface area contributed by atoms with Gasteiger partial charge in [-0.2, -0.15) is 0 Å². The summed E-state index contributed by atoms with van der Waals surface area (Å²) >= 11 is 0. The number of anilines is 2. The number of aliphatic hydroxyl groups is 1. The van der Waals surface area contributed by atoms with Gasteiger partial charge in [0.2, 0.25) is 0 Å². The van der Waals surface area contributed by atoms with E-state index in [4.69, 9.17) is 0 Å². The van der Waals surface area contributed by atoms with E-state index >= 15 is 0 Å². The molecule has 3 aromatic rings. The molecule has 0 radical (unpaired) electrons. The molecule has 4 rings (SSSR count). The number of carbonyl (C=O) groups excluding carboxylic acids is 1. The highest BCUT2D eigenvalue weighted by atomic mass is 16.3. The second-order valence-electron chi connectivity index (χ2n) is 6.14. The molecule has 0 aromatic heterocycles. The van der Waals surface area contributed by atoms with Crippen molar-refractivity contribution in [3.8, 4) is 11.1 Å². The molecule has 0 atom stereocenters. The molecule has 0 unspecified atom stereocenters. The molecular formula is C22H18N2O2. The lowest BCUT2D eigenvalue weighted by molar-refractivity contribution is -0.110. The molecule has 4 nitrogen and oxygen atoms in total. The van der Waals surface area contributed by atoms with Gasteiger partial charge in [0.15, 0.2) is 0 Å². The average Bonchev–Trinajstić information content (AvgIpc) is 3.01. The van der Waals surface area contributed by atoms with Gasteiger partial charge < -0.3 is 15.7 Å². The van der Waals surface area contributed by atoms with Crippen LogP contribution in [0.15, 0.2) is 79.0 Å².